The van der Waals surface area contributed by atoms with Crippen molar-refractivity contribution in [3.8, 4) is 0 Å². The first kappa shape index (κ1) is 18.9. The lowest BCUT2D eigenvalue weighted by molar-refractivity contribution is -0.131. The molecule has 3 aromatic rings. The third kappa shape index (κ3) is 4.18. The predicted octanol–water partition coefficient (Wildman–Crippen LogP) is 4.26. The molecule has 1 aliphatic rings. The van der Waals surface area contributed by atoms with Gasteiger partial charge in [-0.25, -0.2) is 4.98 Å². The van der Waals surface area contributed by atoms with Crippen LogP contribution in [0.3, 0.4) is 0 Å². The maximum Gasteiger partial charge on any atom is 0.223 e. The molecular formula is C21H20ClN3O2S. The molecule has 0 atom stereocenters. The van der Waals surface area contributed by atoms with Gasteiger partial charge in [-0.1, -0.05) is 53.3 Å². The summed E-state index contributed by atoms with van der Waals surface area (Å²) >= 11 is 7.68. The van der Waals surface area contributed by atoms with Crippen LogP contribution in [0.15, 0.2) is 48.5 Å². The molecule has 7 heteroatoms. The zero-order valence-electron chi connectivity index (χ0n) is 15.3. The van der Waals surface area contributed by atoms with Crippen LogP contribution in [0.5, 0.6) is 0 Å². The topological polar surface area (TPSA) is 53.5 Å². The van der Waals surface area contributed by atoms with Crippen molar-refractivity contribution in [3.05, 3.63) is 59.1 Å². The largest absolute Gasteiger partial charge is 0.345 e. The summed E-state index contributed by atoms with van der Waals surface area (Å²) < 4.78 is 1.07. The summed E-state index contributed by atoms with van der Waals surface area (Å²) in [5.41, 5.74) is 1.61. The lowest BCUT2D eigenvalue weighted by Gasteiger charge is -2.34. The molecule has 0 spiro atoms. The number of carbonyl (C=O) groups excluding carboxylic acids is 2. The fourth-order valence-corrected chi connectivity index (χ4v) is 4.61. The molecule has 1 fully saturated rings. The monoisotopic (exact) mass is 413 g/mol. The van der Waals surface area contributed by atoms with E-state index in [4.69, 9.17) is 11.6 Å². The minimum Gasteiger partial charge on any atom is -0.345 e. The van der Waals surface area contributed by atoms with Crippen molar-refractivity contribution in [2.24, 2.45) is 0 Å². The first-order valence-corrected chi connectivity index (χ1v) is 10.5. The van der Waals surface area contributed by atoms with E-state index in [1.165, 1.54) is 0 Å². The summed E-state index contributed by atoms with van der Waals surface area (Å²) in [4.78, 5) is 33.4. The molecule has 144 valence electrons. The van der Waals surface area contributed by atoms with E-state index < -0.39 is 0 Å². The maximum absolute atomic E-state index is 12.5. The Bertz CT molecular complexity index is 997. The van der Waals surface area contributed by atoms with Crippen LogP contribution in [0, 0.1) is 0 Å². The summed E-state index contributed by atoms with van der Waals surface area (Å²) in [6.07, 6.45) is 0.509. The number of thiazole rings is 1. The van der Waals surface area contributed by atoms with Crippen molar-refractivity contribution in [2.75, 3.05) is 31.1 Å². The molecule has 0 aliphatic carbocycles. The molecule has 0 bridgehead atoms. The molecule has 0 saturated carbocycles. The van der Waals surface area contributed by atoms with Crippen molar-refractivity contribution in [1.29, 1.82) is 0 Å². The molecule has 5 nitrogen and oxygen atoms in total. The Morgan fingerprint density at radius 1 is 1.00 bits per heavy atom. The van der Waals surface area contributed by atoms with Crippen LogP contribution in [0.2, 0.25) is 5.02 Å². The summed E-state index contributed by atoms with van der Waals surface area (Å²) in [5, 5.41) is 1.67. The van der Waals surface area contributed by atoms with E-state index in [-0.39, 0.29) is 24.5 Å². The second-order valence-electron chi connectivity index (χ2n) is 6.77. The number of Topliss-reactive ketones (excluding diaryl/α,β-unsaturated/α-hetero) is 1. The number of ketones is 1. The lowest BCUT2D eigenvalue weighted by atomic mass is 10.1. The molecule has 2 aromatic carbocycles. The lowest BCUT2D eigenvalue weighted by Crippen LogP contribution is -2.48. The SMILES string of the molecule is O=C(CCC(=O)N1CCN(c2nc3ccc(Cl)cc3s2)CC1)c1ccccc1. The number of carbonyl (C=O) groups is 2. The molecule has 1 aromatic heterocycles. The van der Waals surface area contributed by atoms with Gasteiger partial charge < -0.3 is 9.80 Å². The van der Waals surface area contributed by atoms with Crippen LogP contribution in [0.1, 0.15) is 23.2 Å². The normalized spacial score (nSPS) is 14.5. The van der Waals surface area contributed by atoms with Gasteiger partial charge in [0.1, 0.15) is 0 Å². The Balaban J connectivity index is 1.30. The van der Waals surface area contributed by atoms with Crippen LogP contribution in [0.25, 0.3) is 10.2 Å². The van der Waals surface area contributed by atoms with Gasteiger partial charge in [0.15, 0.2) is 10.9 Å². The zero-order chi connectivity index (χ0) is 19.5. The molecule has 2 heterocycles. The third-order valence-corrected chi connectivity index (χ3v) is 6.22. The smallest absolute Gasteiger partial charge is 0.223 e. The number of fused-ring (bicyclic) bond motifs is 1. The van der Waals surface area contributed by atoms with Gasteiger partial charge in [0.05, 0.1) is 10.2 Å². The highest BCUT2D eigenvalue weighted by Crippen LogP contribution is 2.31. The van der Waals surface area contributed by atoms with Crippen molar-refractivity contribution in [2.45, 2.75) is 12.8 Å². The quantitative estimate of drug-likeness (QED) is 0.586. The second kappa shape index (κ2) is 8.29. The highest BCUT2D eigenvalue weighted by molar-refractivity contribution is 7.22. The average molecular weight is 414 g/mol. The first-order chi connectivity index (χ1) is 13.6. The van der Waals surface area contributed by atoms with E-state index in [0.29, 0.717) is 23.7 Å². The Morgan fingerprint density at radius 2 is 1.75 bits per heavy atom. The highest BCUT2D eigenvalue weighted by atomic mass is 35.5. The molecule has 0 N–H and O–H groups in total. The van der Waals surface area contributed by atoms with E-state index in [1.807, 2.05) is 41.3 Å². The minimum atomic E-state index is 0.0146. The zero-order valence-corrected chi connectivity index (χ0v) is 16.9. The van der Waals surface area contributed by atoms with Gasteiger partial charge in [-0.05, 0) is 18.2 Å². The van der Waals surface area contributed by atoms with E-state index in [0.717, 1.165) is 28.4 Å². The molecule has 4 rings (SSSR count). The number of benzene rings is 2. The van der Waals surface area contributed by atoms with E-state index in [2.05, 4.69) is 9.88 Å². The van der Waals surface area contributed by atoms with Gasteiger partial charge in [-0.3, -0.25) is 9.59 Å². The van der Waals surface area contributed by atoms with Gasteiger partial charge in [0.25, 0.3) is 0 Å². The fourth-order valence-electron chi connectivity index (χ4n) is 3.32. The van der Waals surface area contributed by atoms with E-state index in [9.17, 15) is 9.59 Å². The van der Waals surface area contributed by atoms with Crippen LogP contribution in [-0.2, 0) is 4.79 Å². The average Bonchev–Trinajstić information content (AvgIpc) is 3.15. The molecule has 28 heavy (non-hydrogen) atoms. The highest BCUT2D eigenvalue weighted by Gasteiger charge is 2.23. The van der Waals surface area contributed by atoms with Crippen molar-refractivity contribution < 1.29 is 9.59 Å². The third-order valence-electron chi connectivity index (χ3n) is 4.90. The second-order valence-corrected chi connectivity index (χ2v) is 8.21. The number of hydrogen-bond donors (Lipinski definition) is 0. The Hall–Kier alpha value is -2.44. The Labute approximate surface area is 172 Å². The number of hydrogen-bond acceptors (Lipinski definition) is 5. The van der Waals surface area contributed by atoms with Crippen LogP contribution in [0.4, 0.5) is 5.13 Å². The molecule has 1 amide bonds. The number of halogens is 1. The summed E-state index contributed by atoms with van der Waals surface area (Å²) in [7, 11) is 0. The van der Waals surface area contributed by atoms with Gasteiger partial charge in [-0.2, -0.15) is 0 Å². The number of aromatic nitrogens is 1. The van der Waals surface area contributed by atoms with E-state index in [1.54, 1.807) is 23.5 Å². The minimum absolute atomic E-state index is 0.0146. The summed E-state index contributed by atoms with van der Waals surface area (Å²) in [6.45, 7) is 2.78. The fraction of sp³-hybridized carbons (Fsp3) is 0.286. The Kier molecular flexibility index (Phi) is 5.59. The maximum atomic E-state index is 12.5. The van der Waals surface area contributed by atoms with Crippen molar-refractivity contribution >= 4 is 50.0 Å². The summed E-state index contributed by atoms with van der Waals surface area (Å²) in [6, 6.07) is 14.8. The van der Waals surface area contributed by atoms with Crippen LogP contribution < -0.4 is 4.90 Å². The first-order valence-electron chi connectivity index (χ1n) is 9.27. The molecule has 0 unspecified atom stereocenters. The number of anilines is 1. The number of amides is 1. The van der Waals surface area contributed by atoms with Crippen LogP contribution >= 0.6 is 22.9 Å². The number of nitrogens with zero attached hydrogens (tertiary/aromatic N) is 3. The molecule has 0 radical (unpaired) electrons. The summed E-state index contributed by atoms with van der Waals surface area (Å²) in [5.74, 6) is 0.0562. The molecule has 1 saturated heterocycles. The van der Waals surface area contributed by atoms with Gasteiger partial charge in [0, 0.05) is 49.6 Å². The van der Waals surface area contributed by atoms with Gasteiger partial charge >= 0.3 is 0 Å². The standard InChI is InChI=1S/C21H20ClN3O2S/c22-16-6-7-17-19(14-16)28-21(23-17)25-12-10-24(11-13-25)20(27)9-8-18(26)15-4-2-1-3-5-15/h1-7,14H,8-13H2. The van der Waals surface area contributed by atoms with Gasteiger partial charge in [-0.15, -0.1) is 0 Å². The van der Waals surface area contributed by atoms with Crippen LogP contribution in [-0.4, -0.2) is 47.8 Å². The molecular weight excluding hydrogens is 394 g/mol. The predicted molar refractivity (Wildman–Crippen MR) is 113 cm³/mol. The van der Waals surface area contributed by atoms with E-state index >= 15 is 0 Å². The van der Waals surface area contributed by atoms with Crippen molar-refractivity contribution in [3.63, 3.8) is 0 Å². The Morgan fingerprint density at radius 3 is 2.50 bits per heavy atom. The molecule has 1 aliphatic heterocycles. The number of rotatable bonds is 5. The van der Waals surface area contributed by atoms with Crippen molar-refractivity contribution in [1.82, 2.24) is 9.88 Å². The number of piperazine rings is 1. The van der Waals surface area contributed by atoms with Gasteiger partial charge in [0.2, 0.25) is 5.91 Å².